The van der Waals surface area contributed by atoms with E-state index in [2.05, 4.69) is 10.0 Å². The van der Waals surface area contributed by atoms with Gasteiger partial charge in [-0.3, -0.25) is 9.59 Å². The summed E-state index contributed by atoms with van der Waals surface area (Å²) in [5.41, 5.74) is 0.518. The fourth-order valence-corrected chi connectivity index (χ4v) is 4.02. The molecule has 8 heteroatoms. The van der Waals surface area contributed by atoms with Crippen LogP contribution >= 0.6 is 11.8 Å². The number of thioether (sulfide) groups is 1. The fourth-order valence-electron chi connectivity index (χ4n) is 1.78. The highest BCUT2D eigenvalue weighted by Gasteiger charge is 2.30. The van der Waals surface area contributed by atoms with E-state index in [4.69, 9.17) is 0 Å². The highest BCUT2D eigenvalue weighted by molar-refractivity contribution is 8.14. The molecule has 1 aliphatic heterocycles. The Morgan fingerprint density at radius 3 is 2.45 bits per heavy atom. The first-order valence-electron chi connectivity index (χ1n) is 5.95. The largest absolute Gasteiger partial charge is 0.326 e. The number of amides is 1. The zero-order valence-electron chi connectivity index (χ0n) is 10.8. The monoisotopic (exact) mass is 314 g/mol. The molecule has 1 amide bonds. The average molecular weight is 314 g/mol. The van der Waals surface area contributed by atoms with Gasteiger partial charge in [-0.15, -0.1) is 0 Å². The molecule has 0 aliphatic carbocycles. The highest BCUT2D eigenvalue weighted by atomic mass is 32.2. The van der Waals surface area contributed by atoms with Crippen LogP contribution in [0.15, 0.2) is 29.2 Å². The molecule has 108 valence electrons. The van der Waals surface area contributed by atoms with Crippen LogP contribution in [-0.4, -0.2) is 31.2 Å². The number of carbonyl (C=O) groups excluding carboxylic acids is 2. The van der Waals surface area contributed by atoms with Gasteiger partial charge in [0.25, 0.3) is 0 Å². The standard InChI is InChI=1S/C12H14N2O4S2/c1-8(15)13-9-2-4-10(5-3-9)20(17,18)14-11-6-7-19-12(11)16/h2-5,11,14H,6-7H2,1H3,(H,13,15)/t11-/m1/s1. The molecule has 2 N–H and O–H groups in total. The van der Waals surface area contributed by atoms with Gasteiger partial charge in [0, 0.05) is 18.4 Å². The van der Waals surface area contributed by atoms with E-state index in [0.717, 1.165) is 11.8 Å². The first-order chi connectivity index (χ1) is 9.38. The van der Waals surface area contributed by atoms with Crippen LogP contribution in [0.25, 0.3) is 0 Å². The molecule has 0 unspecified atom stereocenters. The van der Waals surface area contributed by atoms with Crippen molar-refractivity contribution in [3.63, 3.8) is 0 Å². The predicted molar refractivity (Wildman–Crippen MR) is 76.9 cm³/mol. The molecule has 1 aromatic carbocycles. The maximum absolute atomic E-state index is 12.1. The van der Waals surface area contributed by atoms with Gasteiger partial charge in [0.2, 0.25) is 21.0 Å². The molecule has 1 aromatic rings. The molecule has 6 nitrogen and oxygen atoms in total. The van der Waals surface area contributed by atoms with Gasteiger partial charge < -0.3 is 5.32 Å². The molecule has 1 saturated heterocycles. The van der Waals surface area contributed by atoms with Crippen LogP contribution in [0.5, 0.6) is 0 Å². The van der Waals surface area contributed by atoms with Crippen LogP contribution < -0.4 is 10.0 Å². The number of hydrogen-bond acceptors (Lipinski definition) is 5. The van der Waals surface area contributed by atoms with Crippen molar-refractivity contribution in [3.8, 4) is 0 Å². The SMILES string of the molecule is CC(=O)Nc1ccc(S(=O)(=O)N[C@@H]2CCSC2=O)cc1. The van der Waals surface area contributed by atoms with Crippen LogP contribution in [0.3, 0.4) is 0 Å². The van der Waals surface area contributed by atoms with Crippen molar-refractivity contribution in [3.05, 3.63) is 24.3 Å². The summed E-state index contributed by atoms with van der Waals surface area (Å²) in [5, 5.41) is 2.40. The summed E-state index contributed by atoms with van der Waals surface area (Å²) >= 11 is 1.14. The molecule has 2 rings (SSSR count). The van der Waals surface area contributed by atoms with E-state index in [1.54, 1.807) is 0 Å². The van der Waals surface area contributed by atoms with Gasteiger partial charge in [0.1, 0.15) is 0 Å². The Morgan fingerprint density at radius 1 is 1.30 bits per heavy atom. The fraction of sp³-hybridized carbons (Fsp3) is 0.333. The van der Waals surface area contributed by atoms with E-state index in [0.29, 0.717) is 17.9 Å². The molecule has 0 aromatic heterocycles. The van der Waals surface area contributed by atoms with Gasteiger partial charge in [-0.25, -0.2) is 8.42 Å². The zero-order valence-corrected chi connectivity index (χ0v) is 12.4. The van der Waals surface area contributed by atoms with E-state index in [-0.39, 0.29) is 15.9 Å². The third-order valence-corrected chi connectivity index (χ3v) is 5.21. The van der Waals surface area contributed by atoms with Crippen LogP contribution in [-0.2, 0) is 19.6 Å². The number of sulfonamides is 1. The molecule has 0 radical (unpaired) electrons. The highest BCUT2D eigenvalue weighted by Crippen LogP contribution is 2.22. The maximum atomic E-state index is 12.1. The van der Waals surface area contributed by atoms with Gasteiger partial charge >= 0.3 is 0 Å². The van der Waals surface area contributed by atoms with Crippen molar-refractivity contribution >= 4 is 38.5 Å². The summed E-state index contributed by atoms with van der Waals surface area (Å²) in [6.45, 7) is 1.37. The molecule has 0 saturated carbocycles. The topological polar surface area (TPSA) is 92.3 Å². The molecule has 20 heavy (non-hydrogen) atoms. The normalized spacial score (nSPS) is 19.1. The van der Waals surface area contributed by atoms with E-state index < -0.39 is 16.1 Å². The number of anilines is 1. The number of benzene rings is 1. The summed E-state index contributed by atoms with van der Waals surface area (Å²) in [5.74, 6) is 0.403. The lowest BCUT2D eigenvalue weighted by atomic mass is 10.3. The van der Waals surface area contributed by atoms with Crippen molar-refractivity contribution in [2.45, 2.75) is 24.3 Å². The Balaban J connectivity index is 2.13. The lowest BCUT2D eigenvalue weighted by Crippen LogP contribution is -2.37. The number of rotatable bonds is 4. The van der Waals surface area contributed by atoms with Crippen LogP contribution in [0.4, 0.5) is 5.69 Å². The lowest BCUT2D eigenvalue weighted by Gasteiger charge is -2.11. The number of hydrogen-bond donors (Lipinski definition) is 2. The van der Waals surface area contributed by atoms with Gasteiger partial charge in [0.15, 0.2) is 0 Å². The Labute approximate surface area is 121 Å². The Kier molecular flexibility index (Phi) is 4.46. The van der Waals surface area contributed by atoms with Gasteiger partial charge in [0.05, 0.1) is 10.9 Å². The molecule has 0 bridgehead atoms. The Bertz CT molecular complexity index is 625. The van der Waals surface area contributed by atoms with Crippen molar-refractivity contribution in [1.82, 2.24) is 4.72 Å². The second-order valence-electron chi connectivity index (χ2n) is 4.34. The zero-order chi connectivity index (χ0) is 14.8. The predicted octanol–water partition coefficient (Wildman–Crippen LogP) is 0.955. The van der Waals surface area contributed by atoms with Crippen LogP contribution in [0.1, 0.15) is 13.3 Å². The second kappa shape index (κ2) is 5.94. The molecule has 1 aliphatic rings. The number of nitrogens with one attached hydrogen (secondary N) is 2. The summed E-state index contributed by atoms with van der Waals surface area (Å²) in [7, 11) is -3.72. The van der Waals surface area contributed by atoms with Crippen molar-refractivity contribution in [2.24, 2.45) is 0 Å². The lowest BCUT2D eigenvalue weighted by molar-refractivity contribution is -0.114. The summed E-state index contributed by atoms with van der Waals surface area (Å²) in [4.78, 5) is 22.4. The Hall–Kier alpha value is -1.38. The minimum atomic E-state index is -3.72. The van der Waals surface area contributed by atoms with Crippen molar-refractivity contribution in [1.29, 1.82) is 0 Å². The Morgan fingerprint density at radius 2 is 1.95 bits per heavy atom. The molecule has 1 atom stereocenters. The number of carbonyl (C=O) groups is 2. The first kappa shape index (κ1) is 15.0. The van der Waals surface area contributed by atoms with Crippen molar-refractivity contribution < 1.29 is 18.0 Å². The minimum Gasteiger partial charge on any atom is -0.326 e. The van der Waals surface area contributed by atoms with Crippen LogP contribution in [0, 0.1) is 0 Å². The average Bonchev–Trinajstić information content (AvgIpc) is 2.74. The molecular weight excluding hydrogens is 300 g/mol. The third kappa shape index (κ3) is 3.59. The smallest absolute Gasteiger partial charge is 0.241 e. The second-order valence-corrected chi connectivity index (χ2v) is 7.15. The van der Waals surface area contributed by atoms with Crippen molar-refractivity contribution in [2.75, 3.05) is 11.1 Å². The van der Waals surface area contributed by atoms with Gasteiger partial charge in [-0.05, 0) is 30.7 Å². The molecule has 0 spiro atoms. The van der Waals surface area contributed by atoms with Gasteiger partial charge in [-0.1, -0.05) is 11.8 Å². The van der Waals surface area contributed by atoms with Gasteiger partial charge in [-0.2, -0.15) is 4.72 Å². The first-order valence-corrected chi connectivity index (χ1v) is 8.42. The summed E-state index contributed by atoms with van der Waals surface area (Å²) < 4.78 is 26.6. The molecular formula is C12H14N2O4S2. The van der Waals surface area contributed by atoms with E-state index in [9.17, 15) is 18.0 Å². The molecule has 1 heterocycles. The van der Waals surface area contributed by atoms with E-state index >= 15 is 0 Å². The van der Waals surface area contributed by atoms with E-state index in [1.165, 1.54) is 31.2 Å². The minimum absolute atomic E-state index is 0.0660. The quantitative estimate of drug-likeness (QED) is 0.863. The maximum Gasteiger partial charge on any atom is 0.241 e. The molecule has 1 fully saturated rings. The van der Waals surface area contributed by atoms with Crippen LogP contribution in [0.2, 0.25) is 0 Å². The third-order valence-electron chi connectivity index (χ3n) is 2.72. The van der Waals surface area contributed by atoms with E-state index in [1.807, 2.05) is 0 Å². The summed E-state index contributed by atoms with van der Waals surface area (Å²) in [6, 6.07) is 5.13. The summed E-state index contributed by atoms with van der Waals surface area (Å²) in [6.07, 6.45) is 0.507.